The number of aliphatic carboxylic acids is 1. The smallest absolute Gasteiger partial charge is 0.303 e. The quantitative estimate of drug-likeness (QED) is 0.129. The number of primary amides is 1. The van der Waals surface area contributed by atoms with Crippen molar-refractivity contribution in [3.05, 3.63) is 0 Å². The van der Waals surface area contributed by atoms with E-state index in [0.717, 1.165) is 51.4 Å². The van der Waals surface area contributed by atoms with E-state index in [-0.39, 0.29) is 18.2 Å². The molecule has 190 valence electrons. The Morgan fingerprint density at radius 3 is 1.19 bits per heavy atom. The number of carboxylic acids is 1. The molecule has 1 atom stereocenters. The van der Waals surface area contributed by atoms with Crippen LogP contribution in [-0.4, -0.2) is 17.0 Å². The van der Waals surface area contributed by atoms with Gasteiger partial charge in [-0.3, -0.25) is 9.59 Å². The first kappa shape index (κ1) is 30.9. The maximum absolute atomic E-state index is 11.7. The maximum atomic E-state index is 11.7. The number of carboxylic acid groups (broad SMARTS) is 1. The number of carbonyl (C=O) groups excluding carboxylic acids is 1. The molecule has 0 saturated carbocycles. The Morgan fingerprint density at radius 1 is 0.562 bits per heavy atom. The lowest BCUT2D eigenvalue weighted by Crippen LogP contribution is -2.23. The molecule has 0 aromatic heterocycles. The van der Waals surface area contributed by atoms with Crippen molar-refractivity contribution >= 4 is 11.9 Å². The van der Waals surface area contributed by atoms with Crippen LogP contribution in [-0.2, 0) is 9.59 Å². The van der Waals surface area contributed by atoms with Gasteiger partial charge in [-0.2, -0.15) is 0 Å². The molecule has 3 N–H and O–H groups in total. The molecule has 32 heavy (non-hydrogen) atoms. The van der Waals surface area contributed by atoms with Crippen molar-refractivity contribution in [3.8, 4) is 0 Å². The van der Waals surface area contributed by atoms with E-state index in [1.165, 1.54) is 96.3 Å². The molecule has 0 aromatic carbocycles. The predicted octanol–water partition coefficient (Wildman–Crippen LogP) is 8.55. The first-order valence-electron chi connectivity index (χ1n) is 14.1. The van der Waals surface area contributed by atoms with Crippen molar-refractivity contribution in [2.45, 2.75) is 161 Å². The van der Waals surface area contributed by atoms with Gasteiger partial charge < -0.3 is 10.8 Å². The van der Waals surface area contributed by atoms with Gasteiger partial charge in [0.05, 0.1) is 0 Å². The highest BCUT2D eigenvalue weighted by atomic mass is 16.4. The zero-order chi connectivity index (χ0) is 23.7. The highest BCUT2D eigenvalue weighted by Gasteiger charge is 2.14. The van der Waals surface area contributed by atoms with Crippen molar-refractivity contribution in [1.29, 1.82) is 0 Å². The minimum absolute atomic E-state index is 0.0284. The van der Waals surface area contributed by atoms with Gasteiger partial charge in [0, 0.05) is 12.3 Å². The molecule has 4 nitrogen and oxygen atoms in total. The van der Waals surface area contributed by atoms with Crippen LogP contribution in [0.4, 0.5) is 0 Å². The molecule has 0 aromatic rings. The molecule has 0 aliphatic rings. The zero-order valence-corrected chi connectivity index (χ0v) is 21.4. The Morgan fingerprint density at radius 2 is 0.875 bits per heavy atom. The molecule has 0 bridgehead atoms. The highest BCUT2D eigenvalue weighted by Crippen LogP contribution is 2.19. The van der Waals surface area contributed by atoms with Crippen molar-refractivity contribution in [2.75, 3.05) is 0 Å². The van der Waals surface area contributed by atoms with Crippen LogP contribution in [0.15, 0.2) is 0 Å². The second-order valence-electron chi connectivity index (χ2n) is 9.89. The first-order valence-corrected chi connectivity index (χ1v) is 14.1. The van der Waals surface area contributed by atoms with Gasteiger partial charge in [0.2, 0.25) is 5.91 Å². The fourth-order valence-electron chi connectivity index (χ4n) is 4.56. The summed E-state index contributed by atoms with van der Waals surface area (Å²) in [4.78, 5) is 22.2. The lowest BCUT2D eigenvalue weighted by Gasteiger charge is -2.13. The summed E-state index contributed by atoms with van der Waals surface area (Å²) in [5, 5.41) is 8.64. The maximum Gasteiger partial charge on any atom is 0.303 e. The topological polar surface area (TPSA) is 80.4 Å². The third-order valence-corrected chi connectivity index (χ3v) is 6.75. The Bertz CT molecular complexity index is 425. The monoisotopic (exact) mass is 453 g/mol. The molecule has 0 saturated heterocycles. The summed E-state index contributed by atoms with van der Waals surface area (Å²) in [7, 11) is 0. The fraction of sp³-hybridized carbons (Fsp3) is 0.929. The summed E-state index contributed by atoms with van der Waals surface area (Å²) in [6.07, 6.45) is 28.8. The van der Waals surface area contributed by atoms with Gasteiger partial charge in [-0.15, -0.1) is 0 Å². The largest absolute Gasteiger partial charge is 0.481 e. The number of nitrogens with two attached hydrogens (primary N) is 1. The van der Waals surface area contributed by atoms with Crippen LogP contribution in [0.2, 0.25) is 0 Å². The predicted molar refractivity (Wildman–Crippen MR) is 137 cm³/mol. The van der Waals surface area contributed by atoms with Crippen LogP contribution in [0.1, 0.15) is 161 Å². The van der Waals surface area contributed by atoms with Gasteiger partial charge in [-0.05, 0) is 19.3 Å². The lowest BCUT2D eigenvalue weighted by atomic mass is 9.93. The van der Waals surface area contributed by atoms with Crippen LogP contribution < -0.4 is 5.73 Å². The van der Waals surface area contributed by atoms with Crippen molar-refractivity contribution in [2.24, 2.45) is 11.7 Å². The molecule has 1 unspecified atom stereocenters. The van der Waals surface area contributed by atoms with Crippen molar-refractivity contribution < 1.29 is 14.7 Å². The molecular formula is C28H55NO3. The average molecular weight is 454 g/mol. The number of amides is 1. The minimum atomic E-state index is -0.711. The summed E-state index contributed by atoms with van der Waals surface area (Å²) in [5.41, 5.74) is 5.59. The Hall–Kier alpha value is -1.06. The SMILES string of the molecule is CCCCCCCCCCCCCCCCCCC(CCCCCCCC(=O)O)C(N)=O. The van der Waals surface area contributed by atoms with Gasteiger partial charge in [-0.25, -0.2) is 0 Å². The van der Waals surface area contributed by atoms with Crippen LogP contribution in [0.5, 0.6) is 0 Å². The molecule has 0 spiro atoms. The van der Waals surface area contributed by atoms with Crippen LogP contribution in [0.25, 0.3) is 0 Å². The number of hydrogen-bond donors (Lipinski definition) is 2. The lowest BCUT2D eigenvalue weighted by molar-refractivity contribution is -0.137. The minimum Gasteiger partial charge on any atom is -0.481 e. The van der Waals surface area contributed by atoms with E-state index in [2.05, 4.69) is 6.92 Å². The molecule has 0 rings (SSSR count). The number of unbranched alkanes of at least 4 members (excludes halogenated alkanes) is 19. The highest BCUT2D eigenvalue weighted by molar-refractivity contribution is 5.76. The standard InChI is InChI=1S/C28H55NO3/c1-2-3-4-5-6-7-8-9-10-11-12-13-14-15-17-20-23-26(28(29)32)24-21-18-16-19-22-25-27(30)31/h26H,2-25H2,1H3,(H2,29,32)(H,30,31). The first-order chi connectivity index (χ1) is 15.6. The Balaban J connectivity index is 3.39. The normalized spacial score (nSPS) is 12.2. The van der Waals surface area contributed by atoms with Gasteiger partial charge >= 0.3 is 5.97 Å². The molecule has 1 amide bonds. The summed E-state index contributed by atoms with van der Waals surface area (Å²) in [6.45, 7) is 2.28. The summed E-state index contributed by atoms with van der Waals surface area (Å²) in [5.74, 6) is -0.824. The molecule has 4 heteroatoms. The summed E-state index contributed by atoms with van der Waals surface area (Å²) in [6, 6.07) is 0. The molecule has 0 aliphatic carbocycles. The molecule has 0 heterocycles. The molecule has 0 aliphatic heterocycles. The second kappa shape index (κ2) is 24.6. The van der Waals surface area contributed by atoms with E-state index in [1.54, 1.807) is 0 Å². The Labute approximate surface area is 199 Å². The number of rotatable bonds is 26. The third kappa shape index (κ3) is 23.6. The van der Waals surface area contributed by atoms with Crippen LogP contribution in [0.3, 0.4) is 0 Å². The van der Waals surface area contributed by atoms with E-state index >= 15 is 0 Å². The third-order valence-electron chi connectivity index (χ3n) is 6.75. The second-order valence-corrected chi connectivity index (χ2v) is 9.89. The summed E-state index contributed by atoms with van der Waals surface area (Å²) < 4.78 is 0. The van der Waals surface area contributed by atoms with E-state index in [9.17, 15) is 9.59 Å². The number of carbonyl (C=O) groups is 2. The van der Waals surface area contributed by atoms with Gasteiger partial charge in [-0.1, -0.05) is 135 Å². The van der Waals surface area contributed by atoms with Crippen LogP contribution in [0, 0.1) is 5.92 Å². The summed E-state index contributed by atoms with van der Waals surface area (Å²) >= 11 is 0. The molecule has 0 fully saturated rings. The van der Waals surface area contributed by atoms with E-state index < -0.39 is 5.97 Å². The molecular weight excluding hydrogens is 398 g/mol. The fourth-order valence-corrected chi connectivity index (χ4v) is 4.56. The Kier molecular flexibility index (Phi) is 23.8. The van der Waals surface area contributed by atoms with Gasteiger partial charge in [0.15, 0.2) is 0 Å². The van der Waals surface area contributed by atoms with E-state index in [4.69, 9.17) is 10.8 Å². The zero-order valence-electron chi connectivity index (χ0n) is 21.4. The van der Waals surface area contributed by atoms with Crippen molar-refractivity contribution in [3.63, 3.8) is 0 Å². The molecule has 0 radical (unpaired) electrons. The van der Waals surface area contributed by atoms with E-state index in [0.29, 0.717) is 0 Å². The average Bonchev–Trinajstić information content (AvgIpc) is 2.76. The number of hydrogen-bond acceptors (Lipinski definition) is 2. The van der Waals surface area contributed by atoms with Gasteiger partial charge in [0.1, 0.15) is 0 Å². The van der Waals surface area contributed by atoms with Crippen molar-refractivity contribution in [1.82, 2.24) is 0 Å². The van der Waals surface area contributed by atoms with Crippen LogP contribution >= 0.6 is 0 Å². The van der Waals surface area contributed by atoms with E-state index in [1.807, 2.05) is 0 Å². The van der Waals surface area contributed by atoms with Gasteiger partial charge in [0.25, 0.3) is 0 Å².